The molecule has 3 rings (SSSR count). The van der Waals surface area contributed by atoms with Crippen molar-refractivity contribution in [1.82, 2.24) is 4.98 Å². The number of thiazole rings is 1. The monoisotopic (exact) mass is 301 g/mol. The summed E-state index contributed by atoms with van der Waals surface area (Å²) in [5.41, 5.74) is 1.07. The average molecular weight is 302 g/mol. The molecule has 0 amide bonds. The number of rotatable bonds is 4. The minimum atomic E-state index is 0.537. The van der Waals surface area contributed by atoms with Crippen molar-refractivity contribution in [3.05, 3.63) is 70.7 Å². The lowest BCUT2D eigenvalue weighted by Gasteiger charge is -2.02. The average Bonchev–Trinajstić information content (AvgIpc) is 2.96. The van der Waals surface area contributed by atoms with Gasteiger partial charge in [0, 0.05) is 16.8 Å². The number of nitrogens with zero attached hydrogens (tertiary/aromatic N) is 1. The summed E-state index contributed by atoms with van der Waals surface area (Å²) in [5.74, 6) is 0.869. The lowest BCUT2D eigenvalue weighted by molar-refractivity contribution is 0.309. The Labute approximate surface area is 126 Å². The number of hydrogen-bond acceptors (Lipinski definition) is 3. The van der Waals surface area contributed by atoms with Gasteiger partial charge in [-0.1, -0.05) is 41.9 Å². The summed E-state index contributed by atoms with van der Waals surface area (Å²) in [7, 11) is 0. The summed E-state index contributed by atoms with van der Waals surface area (Å²) in [5, 5.41) is 1.71. The maximum absolute atomic E-state index is 5.88. The molecule has 1 aromatic heterocycles. The molecule has 2 nitrogen and oxygen atoms in total. The third kappa shape index (κ3) is 3.18. The lowest BCUT2D eigenvalue weighted by Crippen LogP contribution is -1.91. The van der Waals surface area contributed by atoms with Crippen molar-refractivity contribution < 1.29 is 4.74 Å². The molecule has 0 N–H and O–H groups in total. The Morgan fingerprint density at radius 3 is 2.50 bits per heavy atom. The van der Waals surface area contributed by atoms with E-state index < -0.39 is 0 Å². The van der Waals surface area contributed by atoms with Crippen LogP contribution in [0.5, 0.6) is 5.75 Å². The zero-order valence-electron chi connectivity index (χ0n) is 10.6. The van der Waals surface area contributed by atoms with Crippen LogP contribution in [0.25, 0.3) is 10.6 Å². The van der Waals surface area contributed by atoms with E-state index in [4.69, 9.17) is 16.3 Å². The minimum absolute atomic E-state index is 0.537. The molecule has 100 valence electrons. The molecule has 1 heterocycles. The second-order valence-corrected chi connectivity index (χ2v) is 5.79. The second kappa shape index (κ2) is 6.07. The normalized spacial score (nSPS) is 10.4. The number of ether oxygens (including phenoxy) is 1. The standard InChI is InChI=1S/C16H12ClNOS/c17-13-8-6-12(7-9-13)16-18-10-15(20-16)11-19-14-4-2-1-3-5-14/h1-10H,11H2. The molecule has 0 aliphatic heterocycles. The van der Waals surface area contributed by atoms with Crippen LogP contribution < -0.4 is 4.74 Å². The van der Waals surface area contributed by atoms with Gasteiger partial charge in [-0.25, -0.2) is 4.98 Å². The van der Waals surface area contributed by atoms with Crippen LogP contribution in [0.3, 0.4) is 0 Å². The predicted octanol–water partition coefficient (Wildman–Crippen LogP) is 5.04. The van der Waals surface area contributed by atoms with E-state index in [1.165, 1.54) is 0 Å². The molecule has 0 aliphatic rings. The first-order valence-corrected chi connectivity index (χ1v) is 7.39. The van der Waals surface area contributed by atoms with Crippen molar-refractivity contribution in [3.8, 4) is 16.3 Å². The van der Waals surface area contributed by atoms with Crippen LogP contribution in [0, 0.1) is 0 Å². The highest BCUT2D eigenvalue weighted by molar-refractivity contribution is 7.15. The molecule has 0 fully saturated rings. The Kier molecular flexibility index (Phi) is 4.00. The molecule has 0 bridgehead atoms. The smallest absolute Gasteiger partial charge is 0.124 e. The molecule has 3 aromatic rings. The SMILES string of the molecule is Clc1ccc(-c2ncc(COc3ccccc3)s2)cc1. The van der Waals surface area contributed by atoms with Crippen molar-refractivity contribution in [1.29, 1.82) is 0 Å². The van der Waals surface area contributed by atoms with Crippen LogP contribution in [0.1, 0.15) is 4.88 Å². The Morgan fingerprint density at radius 1 is 1.00 bits per heavy atom. The number of halogens is 1. The topological polar surface area (TPSA) is 22.1 Å². The van der Waals surface area contributed by atoms with Crippen LogP contribution in [-0.2, 0) is 6.61 Å². The molecule has 0 aliphatic carbocycles. The zero-order chi connectivity index (χ0) is 13.8. The van der Waals surface area contributed by atoms with Gasteiger partial charge in [0.2, 0.25) is 0 Å². The molecule has 0 saturated heterocycles. The molecular formula is C16H12ClNOS. The molecule has 4 heteroatoms. The van der Waals surface area contributed by atoms with Gasteiger partial charge >= 0.3 is 0 Å². The Morgan fingerprint density at radius 2 is 1.75 bits per heavy atom. The van der Waals surface area contributed by atoms with Gasteiger partial charge in [0.05, 0.1) is 4.88 Å². The summed E-state index contributed by atoms with van der Waals surface area (Å²) in [6, 6.07) is 17.5. The van der Waals surface area contributed by atoms with Crippen LogP contribution in [-0.4, -0.2) is 4.98 Å². The third-order valence-corrected chi connectivity index (χ3v) is 4.04. The Bertz CT molecular complexity index is 679. The van der Waals surface area contributed by atoms with Gasteiger partial charge in [-0.05, 0) is 24.3 Å². The van der Waals surface area contributed by atoms with Crippen LogP contribution in [0.15, 0.2) is 60.8 Å². The molecule has 2 aromatic carbocycles. The van der Waals surface area contributed by atoms with E-state index in [-0.39, 0.29) is 0 Å². The van der Waals surface area contributed by atoms with E-state index in [2.05, 4.69) is 4.98 Å². The van der Waals surface area contributed by atoms with Crippen molar-refractivity contribution in [3.63, 3.8) is 0 Å². The highest BCUT2D eigenvalue weighted by Crippen LogP contribution is 2.27. The van der Waals surface area contributed by atoms with E-state index in [0.717, 1.165) is 26.2 Å². The van der Waals surface area contributed by atoms with Gasteiger partial charge in [-0.3, -0.25) is 0 Å². The maximum Gasteiger partial charge on any atom is 0.124 e. The van der Waals surface area contributed by atoms with Gasteiger partial charge in [-0.2, -0.15) is 0 Å². The fraction of sp³-hybridized carbons (Fsp3) is 0.0625. The first-order valence-electron chi connectivity index (χ1n) is 6.20. The Balaban J connectivity index is 1.69. The van der Waals surface area contributed by atoms with Gasteiger partial charge in [0.1, 0.15) is 17.4 Å². The molecule has 0 spiro atoms. The predicted molar refractivity (Wildman–Crippen MR) is 83.3 cm³/mol. The molecule has 0 unspecified atom stereocenters. The highest BCUT2D eigenvalue weighted by Gasteiger charge is 2.05. The lowest BCUT2D eigenvalue weighted by atomic mass is 10.2. The van der Waals surface area contributed by atoms with Crippen LogP contribution in [0.2, 0.25) is 5.02 Å². The van der Waals surface area contributed by atoms with Gasteiger partial charge in [0.15, 0.2) is 0 Å². The van der Waals surface area contributed by atoms with Crippen molar-refractivity contribution >= 4 is 22.9 Å². The first-order chi connectivity index (χ1) is 9.81. The fourth-order valence-corrected chi connectivity index (χ4v) is 2.73. The molecule has 0 radical (unpaired) electrons. The zero-order valence-corrected chi connectivity index (χ0v) is 12.2. The van der Waals surface area contributed by atoms with Crippen molar-refractivity contribution in [2.45, 2.75) is 6.61 Å². The first kappa shape index (κ1) is 13.2. The Hall–Kier alpha value is -1.84. The largest absolute Gasteiger partial charge is 0.488 e. The summed E-state index contributed by atoms with van der Waals surface area (Å²) < 4.78 is 5.71. The summed E-state index contributed by atoms with van der Waals surface area (Å²) >= 11 is 7.52. The highest BCUT2D eigenvalue weighted by atomic mass is 35.5. The molecular weight excluding hydrogens is 290 g/mol. The molecule has 0 atom stereocenters. The van der Waals surface area contributed by atoms with E-state index in [9.17, 15) is 0 Å². The number of hydrogen-bond donors (Lipinski definition) is 0. The van der Waals surface area contributed by atoms with Crippen molar-refractivity contribution in [2.75, 3.05) is 0 Å². The quantitative estimate of drug-likeness (QED) is 0.673. The summed E-state index contributed by atoms with van der Waals surface area (Å²) in [6.45, 7) is 0.537. The second-order valence-electron chi connectivity index (χ2n) is 4.24. The van der Waals surface area contributed by atoms with Gasteiger partial charge < -0.3 is 4.74 Å². The van der Waals surface area contributed by atoms with Crippen LogP contribution >= 0.6 is 22.9 Å². The van der Waals surface area contributed by atoms with Gasteiger partial charge in [-0.15, -0.1) is 11.3 Å². The van der Waals surface area contributed by atoms with E-state index in [1.54, 1.807) is 11.3 Å². The van der Waals surface area contributed by atoms with E-state index in [1.807, 2.05) is 60.8 Å². The molecule has 0 saturated carbocycles. The van der Waals surface area contributed by atoms with Crippen molar-refractivity contribution in [2.24, 2.45) is 0 Å². The third-order valence-electron chi connectivity index (χ3n) is 2.77. The maximum atomic E-state index is 5.88. The number of benzene rings is 2. The van der Waals surface area contributed by atoms with Gasteiger partial charge in [0.25, 0.3) is 0 Å². The number of aromatic nitrogens is 1. The minimum Gasteiger partial charge on any atom is -0.488 e. The summed E-state index contributed by atoms with van der Waals surface area (Å²) in [6.07, 6.45) is 1.86. The van der Waals surface area contributed by atoms with Crippen LogP contribution in [0.4, 0.5) is 0 Å². The number of para-hydroxylation sites is 1. The van der Waals surface area contributed by atoms with E-state index >= 15 is 0 Å². The summed E-state index contributed by atoms with van der Waals surface area (Å²) in [4.78, 5) is 5.52. The fourth-order valence-electron chi connectivity index (χ4n) is 1.77. The van der Waals surface area contributed by atoms with E-state index in [0.29, 0.717) is 6.61 Å². The molecule has 20 heavy (non-hydrogen) atoms.